The maximum atomic E-state index is 12.8. The van der Waals surface area contributed by atoms with Crippen molar-refractivity contribution in [1.82, 2.24) is 9.97 Å². The van der Waals surface area contributed by atoms with Gasteiger partial charge in [0.15, 0.2) is 5.82 Å². The van der Waals surface area contributed by atoms with Gasteiger partial charge in [-0.3, -0.25) is 0 Å². The molecule has 1 unspecified atom stereocenters. The van der Waals surface area contributed by atoms with Gasteiger partial charge in [0.2, 0.25) is 0 Å². The van der Waals surface area contributed by atoms with Crippen molar-refractivity contribution in [2.45, 2.75) is 32.4 Å². The van der Waals surface area contributed by atoms with Crippen molar-refractivity contribution >= 4 is 6.08 Å². The van der Waals surface area contributed by atoms with Crippen LogP contribution in [0.25, 0.3) is 28.6 Å². The topological polar surface area (TPSA) is 35.0 Å². The SMILES string of the molecule is C=CCOc1ccc(-c2ncc(-c3ccc(C=CCCCC(C)F)cc3)cn2)cc1. The summed E-state index contributed by atoms with van der Waals surface area (Å²) in [5, 5.41) is 0. The number of nitrogens with zero attached hydrogens (tertiary/aromatic N) is 2. The van der Waals surface area contributed by atoms with E-state index in [-0.39, 0.29) is 0 Å². The fourth-order valence-corrected chi connectivity index (χ4v) is 3.00. The van der Waals surface area contributed by atoms with Gasteiger partial charge in [-0.2, -0.15) is 0 Å². The minimum absolute atomic E-state index is 0.484. The third kappa shape index (κ3) is 6.38. The van der Waals surface area contributed by atoms with Crippen LogP contribution in [0.4, 0.5) is 4.39 Å². The van der Waals surface area contributed by atoms with Gasteiger partial charge in [0.05, 0.1) is 6.17 Å². The summed E-state index contributed by atoms with van der Waals surface area (Å²) in [6.45, 7) is 5.73. The van der Waals surface area contributed by atoms with Crippen LogP contribution in [-0.4, -0.2) is 22.7 Å². The quantitative estimate of drug-likeness (QED) is 0.273. The molecule has 0 fully saturated rings. The van der Waals surface area contributed by atoms with Crippen LogP contribution in [0.15, 0.2) is 79.7 Å². The van der Waals surface area contributed by atoms with Crippen molar-refractivity contribution in [3.8, 4) is 28.3 Å². The lowest BCUT2D eigenvalue weighted by Gasteiger charge is -2.06. The first-order chi connectivity index (χ1) is 14.7. The predicted octanol–water partition coefficient (Wildman–Crippen LogP) is 6.92. The smallest absolute Gasteiger partial charge is 0.159 e. The number of aromatic nitrogens is 2. The Hall–Kier alpha value is -3.27. The first-order valence-corrected chi connectivity index (χ1v) is 10.2. The van der Waals surface area contributed by atoms with Crippen molar-refractivity contribution in [1.29, 1.82) is 0 Å². The van der Waals surface area contributed by atoms with Crippen molar-refractivity contribution in [3.05, 3.63) is 85.2 Å². The molecular formula is C26H27FN2O. The third-order valence-corrected chi connectivity index (χ3v) is 4.66. The minimum Gasteiger partial charge on any atom is -0.490 e. The molecule has 30 heavy (non-hydrogen) atoms. The Balaban J connectivity index is 1.60. The van der Waals surface area contributed by atoms with Crippen LogP contribution in [0.5, 0.6) is 5.75 Å². The molecule has 1 aromatic heterocycles. The molecule has 0 bridgehead atoms. The summed E-state index contributed by atoms with van der Waals surface area (Å²) >= 11 is 0. The summed E-state index contributed by atoms with van der Waals surface area (Å²) in [5.74, 6) is 1.47. The van der Waals surface area contributed by atoms with E-state index in [1.165, 1.54) is 0 Å². The van der Waals surface area contributed by atoms with Crippen LogP contribution in [0.3, 0.4) is 0 Å². The minimum atomic E-state index is -0.720. The first kappa shape index (κ1) is 21.4. The van der Waals surface area contributed by atoms with E-state index in [9.17, 15) is 4.39 Å². The molecule has 0 aliphatic heterocycles. The van der Waals surface area contributed by atoms with Crippen LogP contribution in [0.1, 0.15) is 31.7 Å². The fraction of sp³-hybridized carbons (Fsp3) is 0.231. The first-order valence-electron chi connectivity index (χ1n) is 10.2. The molecule has 1 atom stereocenters. The number of rotatable bonds is 10. The van der Waals surface area contributed by atoms with Gasteiger partial charge in [-0.25, -0.2) is 14.4 Å². The van der Waals surface area contributed by atoms with Gasteiger partial charge in [-0.05, 0) is 61.6 Å². The summed E-state index contributed by atoms with van der Waals surface area (Å²) in [6.07, 6.45) is 11.2. The standard InChI is InChI=1S/C26H27FN2O/c1-3-17-30-25-15-13-23(14-16-25)26-28-18-24(19-29-26)22-11-9-21(10-12-22)8-6-4-5-7-20(2)27/h3,6,8-16,18-20H,1,4-5,7,17H2,2H3. The molecule has 0 saturated carbocycles. The molecule has 2 aromatic carbocycles. The molecule has 1 heterocycles. The molecule has 154 valence electrons. The second-order valence-corrected chi connectivity index (χ2v) is 7.16. The largest absolute Gasteiger partial charge is 0.490 e. The molecule has 3 rings (SSSR count). The molecule has 4 heteroatoms. The summed E-state index contributed by atoms with van der Waals surface area (Å²) in [5.41, 5.74) is 4.11. The Kier molecular flexibility index (Phi) is 7.90. The number of benzene rings is 2. The molecular weight excluding hydrogens is 375 g/mol. The number of unbranched alkanes of at least 4 members (excludes halogenated alkanes) is 1. The summed E-state index contributed by atoms with van der Waals surface area (Å²) in [6, 6.07) is 16.0. The number of halogens is 1. The van der Waals surface area contributed by atoms with Crippen molar-refractivity contribution < 1.29 is 9.13 Å². The molecule has 3 aromatic rings. The summed E-state index contributed by atoms with van der Waals surface area (Å²) in [7, 11) is 0. The average molecular weight is 403 g/mol. The second kappa shape index (κ2) is 11.1. The highest BCUT2D eigenvalue weighted by Crippen LogP contribution is 2.23. The van der Waals surface area contributed by atoms with E-state index in [4.69, 9.17) is 4.74 Å². The molecule has 0 N–H and O–H groups in total. The van der Waals surface area contributed by atoms with Crippen LogP contribution < -0.4 is 4.74 Å². The van der Waals surface area contributed by atoms with E-state index < -0.39 is 6.17 Å². The predicted molar refractivity (Wildman–Crippen MR) is 122 cm³/mol. The van der Waals surface area contributed by atoms with Gasteiger partial charge in [0.1, 0.15) is 12.4 Å². The lowest BCUT2D eigenvalue weighted by atomic mass is 10.1. The Labute approximate surface area is 178 Å². The highest BCUT2D eigenvalue weighted by atomic mass is 19.1. The maximum absolute atomic E-state index is 12.8. The fourth-order valence-electron chi connectivity index (χ4n) is 3.00. The van der Waals surface area contributed by atoms with E-state index >= 15 is 0 Å². The van der Waals surface area contributed by atoms with Crippen LogP contribution in [0, 0.1) is 0 Å². The Morgan fingerprint density at radius 1 is 0.967 bits per heavy atom. The van der Waals surface area contributed by atoms with Crippen molar-refractivity contribution in [3.63, 3.8) is 0 Å². The zero-order valence-electron chi connectivity index (χ0n) is 17.3. The van der Waals surface area contributed by atoms with Gasteiger partial charge >= 0.3 is 0 Å². The third-order valence-electron chi connectivity index (χ3n) is 4.66. The lowest BCUT2D eigenvalue weighted by Crippen LogP contribution is -1.93. The van der Waals surface area contributed by atoms with Gasteiger partial charge in [-0.15, -0.1) is 0 Å². The van der Waals surface area contributed by atoms with Crippen molar-refractivity contribution in [2.75, 3.05) is 6.61 Å². The highest BCUT2D eigenvalue weighted by Gasteiger charge is 2.04. The molecule has 0 saturated heterocycles. The number of ether oxygens (including phenoxy) is 1. The highest BCUT2D eigenvalue weighted by molar-refractivity contribution is 5.66. The number of hydrogen-bond donors (Lipinski definition) is 0. The maximum Gasteiger partial charge on any atom is 0.159 e. The number of hydrogen-bond acceptors (Lipinski definition) is 3. The second-order valence-electron chi connectivity index (χ2n) is 7.16. The van der Waals surface area contributed by atoms with E-state index in [0.717, 1.165) is 40.8 Å². The molecule has 3 nitrogen and oxygen atoms in total. The average Bonchev–Trinajstić information content (AvgIpc) is 2.78. The monoisotopic (exact) mass is 402 g/mol. The Bertz CT molecular complexity index is 946. The molecule has 0 aliphatic rings. The molecule has 0 radical (unpaired) electrons. The van der Waals surface area contributed by atoms with Gasteiger partial charge in [0, 0.05) is 23.5 Å². The normalized spacial score (nSPS) is 12.1. The summed E-state index contributed by atoms with van der Waals surface area (Å²) < 4.78 is 18.3. The van der Waals surface area contributed by atoms with Crippen LogP contribution >= 0.6 is 0 Å². The van der Waals surface area contributed by atoms with E-state index in [1.807, 2.05) is 36.7 Å². The zero-order chi connectivity index (χ0) is 21.2. The molecule has 0 spiro atoms. The van der Waals surface area contributed by atoms with Crippen molar-refractivity contribution in [2.24, 2.45) is 0 Å². The number of allylic oxidation sites excluding steroid dienone is 1. The van der Waals surface area contributed by atoms with Gasteiger partial charge < -0.3 is 4.74 Å². The molecule has 0 amide bonds. The van der Waals surface area contributed by atoms with E-state index in [1.54, 1.807) is 13.0 Å². The Morgan fingerprint density at radius 2 is 1.63 bits per heavy atom. The number of alkyl halides is 1. The van der Waals surface area contributed by atoms with Gasteiger partial charge in [0.25, 0.3) is 0 Å². The summed E-state index contributed by atoms with van der Waals surface area (Å²) in [4.78, 5) is 9.02. The van der Waals surface area contributed by atoms with Crippen LogP contribution in [-0.2, 0) is 0 Å². The van der Waals surface area contributed by atoms with Crippen LogP contribution in [0.2, 0.25) is 0 Å². The van der Waals surface area contributed by atoms with E-state index in [0.29, 0.717) is 18.9 Å². The zero-order valence-corrected chi connectivity index (χ0v) is 17.3. The Morgan fingerprint density at radius 3 is 2.27 bits per heavy atom. The van der Waals surface area contributed by atoms with E-state index in [2.05, 4.69) is 53.0 Å². The lowest BCUT2D eigenvalue weighted by molar-refractivity contribution is 0.335. The molecule has 0 aliphatic carbocycles. The van der Waals surface area contributed by atoms with Gasteiger partial charge in [-0.1, -0.05) is 49.1 Å².